The van der Waals surface area contributed by atoms with Crippen LogP contribution in [0.4, 0.5) is 5.69 Å². The first kappa shape index (κ1) is 13.4. The number of nitrogen functional groups attached to an aromatic ring is 1. The molecule has 0 amide bonds. The lowest BCUT2D eigenvalue weighted by atomic mass is 10.2. The maximum Gasteiger partial charge on any atom is 0.148 e. The van der Waals surface area contributed by atoms with Crippen LogP contribution in [0.1, 0.15) is 18.4 Å². The maximum absolute atomic E-state index is 11.2. The number of anilines is 1. The Bertz CT molecular complexity index is 492. The van der Waals surface area contributed by atoms with Crippen LogP contribution in [-0.4, -0.2) is 37.9 Å². The minimum Gasteiger partial charge on any atom is -0.399 e. The highest BCUT2D eigenvalue weighted by atomic mass is 32.2. The molecule has 2 N–H and O–H groups in total. The van der Waals surface area contributed by atoms with Crippen LogP contribution in [0.25, 0.3) is 0 Å². The topological polar surface area (TPSA) is 63.4 Å². The summed E-state index contributed by atoms with van der Waals surface area (Å²) in [4.78, 5) is 2.26. The zero-order valence-corrected chi connectivity index (χ0v) is 11.5. The Morgan fingerprint density at radius 3 is 2.39 bits per heavy atom. The summed E-state index contributed by atoms with van der Waals surface area (Å²) in [5.41, 5.74) is 7.59. The summed E-state index contributed by atoms with van der Waals surface area (Å²) in [5.74, 6) is 0.235. The Labute approximate surface area is 109 Å². The van der Waals surface area contributed by atoms with Crippen LogP contribution in [0, 0.1) is 0 Å². The highest BCUT2D eigenvalue weighted by Crippen LogP contribution is 2.28. The van der Waals surface area contributed by atoms with Crippen molar-refractivity contribution in [1.82, 2.24) is 4.90 Å². The van der Waals surface area contributed by atoms with Gasteiger partial charge in [-0.05, 0) is 30.5 Å². The first-order valence-electron chi connectivity index (χ1n) is 6.20. The summed E-state index contributed by atoms with van der Waals surface area (Å²) >= 11 is 0. The zero-order chi connectivity index (χ0) is 13.2. The van der Waals surface area contributed by atoms with Crippen molar-refractivity contribution >= 4 is 15.5 Å². The van der Waals surface area contributed by atoms with E-state index in [9.17, 15) is 8.42 Å². The molecule has 1 aliphatic rings. The molecule has 1 saturated carbocycles. The Balaban J connectivity index is 1.96. The van der Waals surface area contributed by atoms with Crippen LogP contribution in [0.15, 0.2) is 24.3 Å². The smallest absolute Gasteiger partial charge is 0.148 e. The minimum atomic E-state index is -2.89. The highest BCUT2D eigenvalue weighted by Gasteiger charge is 2.29. The first-order chi connectivity index (χ1) is 8.44. The van der Waals surface area contributed by atoms with Crippen molar-refractivity contribution < 1.29 is 8.42 Å². The van der Waals surface area contributed by atoms with Gasteiger partial charge in [0, 0.05) is 31.1 Å². The van der Waals surface area contributed by atoms with Crippen molar-refractivity contribution in [3.8, 4) is 0 Å². The van der Waals surface area contributed by atoms with Gasteiger partial charge in [0.15, 0.2) is 0 Å². The molecule has 0 spiro atoms. The van der Waals surface area contributed by atoms with E-state index in [-0.39, 0.29) is 5.75 Å². The van der Waals surface area contributed by atoms with Crippen molar-refractivity contribution in [2.75, 3.05) is 24.3 Å². The normalized spacial score (nSPS) is 16.1. The van der Waals surface area contributed by atoms with Gasteiger partial charge < -0.3 is 5.73 Å². The van der Waals surface area contributed by atoms with E-state index in [2.05, 4.69) is 4.90 Å². The van der Waals surface area contributed by atoms with Crippen molar-refractivity contribution in [2.24, 2.45) is 0 Å². The lowest BCUT2D eigenvalue weighted by molar-refractivity contribution is 0.270. The van der Waals surface area contributed by atoms with Gasteiger partial charge in [-0.15, -0.1) is 0 Å². The fourth-order valence-electron chi connectivity index (χ4n) is 1.97. The second-order valence-electron chi connectivity index (χ2n) is 5.07. The fourth-order valence-corrected chi connectivity index (χ4v) is 2.54. The third kappa shape index (κ3) is 4.31. The second kappa shape index (κ2) is 5.28. The molecular formula is C13H20N2O2S. The summed E-state index contributed by atoms with van der Waals surface area (Å²) < 4.78 is 22.5. The van der Waals surface area contributed by atoms with E-state index < -0.39 is 9.84 Å². The van der Waals surface area contributed by atoms with Crippen LogP contribution in [0.2, 0.25) is 0 Å². The molecule has 18 heavy (non-hydrogen) atoms. The summed E-state index contributed by atoms with van der Waals surface area (Å²) in [7, 11) is -2.89. The molecular weight excluding hydrogens is 248 g/mol. The Kier molecular flexibility index (Phi) is 3.92. The number of hydrogen-bond donors (Lipinski definition) is 1. The molecule has 2 rings (SSSR count). The van der Waals surface area contributed by atoms with Crippen LogP contribution in [-0.2, 0) is 16.4 Å². The van der Waals surface area contributed by atoms with Crippen LogP contribution >= 0.6 is 0 Å². The molecule has 0 aliphatic heterocycles. The summed E-state index contributed by atoms with van der Waals surface area (Å²) in [6.45, 7) is 1.42. The van der Waals surface area contributed by atoms with Gasteiger partial charge >= 0.3 is 0 Å². The Morgan fingerprint density at radius 1 is 1.28 bits per heavy atom. The average Bonchev–Trinajstić information content (AvgIpc) is 3.09. The molecule has 4 nitrogen and oxygen atoms in total. The molecule has 0 aromatic heterocycles. The number of nitrogens with two attached hydrogens (primary N) is 1. The molecule has 0 heterocycles. The highest BCUT2D eigenvalue weighted by molar-refractivity contribution is 7.90. The van der Waals surface area contributed by atoms with Crippen molar-refractivity contribution in [3.05, 3.63) is 29.8 Å². The Morgan fingerprint density at radius 2 is 1.89 bits per heavy atom. The third-order valence-corrected chi connectivity index (χ3v) is 4.10. The van der Waals surface area contributed by atoms with E-state index in [1.54, 1.807) is 0 Å². The molecule has 0 bridgehead atoms. The molecule has 1 aliphatic carbocycles. The summed E-state index contributed by atoms with van der Waals surface area (Å²) in [6, 6.07) is 8.34. The van der Waals surface area contributed by atoms with E-state index in [0.29, 0.717) is 12.6 Å². The zero-order valence-electron chi connectivity index (χ0n) is 10.7. The van der Waals surface area contributed by atoms with E-state index >= 15 is 0 Å². The van der Waals surface area contributed by atoms with Crippen LogP contribution in [0.5, 0.6) is 0 Å². The lowest BCUT2D eigenvalue weighted by Gasteiger charge is -2.21. The van der Waals surface area contributed by atoms with Crippen molar-refractivity contribution in [1.29, 1.82) is 0 Å². The van der Waals surface area contributed by atoms with Gasteiger partial charge in [-0.25, -0.2) is 8.42 Å². The van der Waals surface area contributed by atoms with E-state index in [1.807, 2.05) is 24.3 Å². The number of benzene rings is 1. The largest absolute Gasteiger partial charge is 0.399 e. The molecule has 0 radical (unpaired) electrons. The molecule has 1 fully saturated rings. The quantitative estimate of drug-likeness (QED) is 0.789. The van der Waals surface area contributed by atoms with Crippen molar-refractivity contribution in [2.45, 2.75) is 25.4 Å². The summed E-state index contributed by atoms with van der Waals surface area (Å²) in [5, 5.41) is 0. The lowest BCUT2D eigenvalue weighted by Crippen LogP contribution is -2.30. The van der Waals surface area contributed by atoms with Gasteiger partial charge in [-0.2, -0.15) is 0 Å². The predicted octanol–water partition coefficient (Wildman–Crippen LogP) is 1.28. The second-order valence-corrected chi connectivity index (χ2v) is 7.33. The predicted molar refractivity (Wildman–Crippen MR) is 74.0 cm³/mol. The van der Waals surface area contributed by atoms with E-state index in [4.69, 9.17) is 5.73 Å². The molecule has 0 saturated heterocycles. The molecule has 0 unspecified atom stereocenters. The van der Waals surface area contributed by atoms with Gasteiger partial charge in [0.25, 0.3) is 0 Å². The maximum atomic E-state index is 11.2. The standard InChI is InChI=1S/C13H20N2O2S/c1-18(16,17)9-8-15(13-6-7-13)10-11-2-4-12(14)5-3-11/h2-5,13H,6-10,14H2,1H3. The molecule has 1 aromatic carbocycles. The number of hydrogen-bond acceptors (Lipinski definition) is 4. The van der Waals surface area contributed by atoms with Crippen molar-refractivity contribution in [3.63, 3.8) is 0 Å². The van der Waals surface area contributed by atoms with Gasteiger partial charge in [-0.3, -0.25) is 4.90 Å². The van der Waals surface area contributed by atoms with E-state index in [0.717, 1.165) is 12.2 Å². The number of sulfone groups is 1. The monoisotopic (exact) mass is 268 g/mol. The average molecular weight is 268 g/mol. The van der Waals surface area contributed by atoms with Gasteiger partial charge in [0.05, 0.1) is 5.75 Å². The first-order valence-corrected chi connectivity index (χ1v) is 8.26. The molecule has 0 atom stereocenters. The van der Waals surface area contributed by atoms with Crippen LogP contribution in [0.3, 0.4) is 0 Å². The third-order valence-electron chi connectivity index (χ3n) is 3.18. The fraction of sp³-hybridized carbons (Fsp3) is 0.538. The number of nitrogens with zero attached hydrogens (tertiary/aromatic N) is 1. The Hall–Kier alpha value is -1.07. The minimum absolute atomic E-state index is 0.235. The van der Waals surface area contributed by atoms with Gasteiger partial charge in [0.1, 0.15) is 9.84 Å². The van der Waals surface area contributed by atoms with E-state index in [1.165, 1.54) is 24.7 Å². The van der Waals surface area contributed by atoms with Gasteiger partial charge in [-0.1, -0.05) is 12.1 Å². The van der Waals surface area contributed by atoms with Gasteiger partial charge in [0.2, 0.25) is 0 Å². The number of rotatable bonds is 6. The molecule has 1 aromatic rings. The van der Waals surface area contributed by atoms with Crippen LogP contribution < -0.4 is 5.73 Å². The molecule has 100 valence electrons. The summed E-state index contributed by atoms with van der Waals surface area (Å²) in [6.07, 6.45) is 3.65. The SMILES string of the molecule is CS(=O)(=O)CCN(Cc1ccc(N)cc1)C1CC1. The molecule has 5 heteroatoms.